The molecule has 2 aromatic heterocycles. The Hall–Kier alpha value is -3.92. The van der Waals surface area contributed by atoms with Crippen LogP contribution in [0, 0.1) is 0 Å². The first kappa shape index (κ1) is 26.7. The van der Waals surface area contributed by atoms with Crippen LogP contribution in [0.2, 0.25) is 0 Å². The SMILES string of the molecule is C=CCCOc1cccc(CC(=O)Nc2nnc(CCCCc3ccc(NC(=O)CC=C)nn3)s2)c1. The van der Waals surface area contributed by atoms with Gasteiger partial charge in [-0.25, -0.2) is 0 Å². The summed E-state index contributed by atoms with van der Waals surface area (Å²) in [5.74, 6) is 0.846. The predicted molar refractivity (Wildman–Crippen MR) is 141 cm³/mol. The van der Waals surface area contributed by atoms with E-state index in [2.05, 4.69) is 44.2 Å². The summed E-state index contributed by atoms with van der Waals surface area (Å²) in [6.07, 6.45) is 7.91. The summed E-state index contributed by atoms with van der Waals surface area (Å²) >= 11 is 1.38. The Bertz CT molecular complexity index is 1160. The highest BCUT2D eigenvalue weighted by Crippen LogP contribution is 2.19. The minimum absolute atomic E-state index is 0.149. The van der Waals surface area contributed by atoms with Gasteiger partial charge in [0.25, 0.3) is 0 Å². The van der Waals surface area contributed by atoms with Gasteiger partial charge in [-0.05, 0) is 55.5 Å². The zero-order chi connectivity index (χ0) is 25.6. The predicted octanol–water partition coefficient (Wildman–Crippen LogP) is 4.54. The molecule has 0 saturated carbocycles. The summed E-state index contributed by atoms with van der Waals surface area (Å²) in [5, 5.41) is 23.3. The number of aromatic nitrogens is 4. The summed E-state index contributed by atoms with van der Waals surface area (Å²) in [6, 6.07) is 11.1. The van der Waals surface area contributed by atoms with Crippen LogP contribution in [0.15, 0.2) is 61.7 Å². The third-order valence-corrected chi connectivity index (χ3v) is 5.86. The fourth-order valence-electron chi connectivity index (χ4n) is 3.23. The van der Waals surface area contributed by atoms with Crippen LogP contribution < -0.4 is 15.4 Å². The van der Waals surface area contributed by atoms with Crippen LogP contribution in [0.4, 0.5) is 10.9 Å². The molecule has 0 aliphatic rings. The van der Waals surface area contributed by atoms with E-state index < -0.39 is 0 Å². The zero-order valence-electron chi connectivity index (χ0n) is 20.1. The molecule has 0 saturated heterocycles. The molecule has 0 fully saturated rings. The van der Waals surface area contributed by atoms with Crippen LogP contribution >= 0.6 is 11.3 Å². The number of carbonyl (C=O) groups is 2. The van der Waals surface area contributed by atoms with Gasteiger partial charge in [-0.1, -0.05) is 35.6 Å². The van der Waals surface area contributed by atoms with Crippen molar-refractivity contribution >= 4 is 34.1 Å². The van der Waals surface area contributed by atoms with Crippen molar-refractivity contribution in [3.05, 3.63) is 78.0 Å². The van der Waals surface area contributed by atoms with Gasteiger partial charge in [-0.2, -0.15) is 5.10 Å². The van der Waals surface area contributed by atoms with Crippen molar-refractivity contribution < 1.29 is 14.3 Å². The van der Waals surface area contributed by atoms with Gasteiger partial charge in [0.2, 0.25) is 16.9 Å². The largest absolute Gasteiger partial charge is 0.493 e. The van der Waals surface area contributed by atoms with Gasteiger partial charge >= 0.3 is 0 Å². The van der Waals surface area contributed by atoms with Gasteiger partial charge in [-0.15, -0.1) is 28.5 Å². The molecule has 188 valence electrons. The average Bonchev–Trinajstić information content (AvgIpc) is 3.30. The highest BCUT2D eigenvalue weighted by molar-refractivity contribution is 7.15. The number of hydrogen-bond donors (Lipinski definition) is 2. The summed E-state index contributed by atoms with van der Waals surface area (Å²) in [7, 11) is 0. The molecular formula is C26H30N6O3S. The van der Waals surface area contributed by atoms with Gasteiger partial charge in [-0.3, -0.25) is 9.59 Å². The molecule has 1 aromatic carbocycles. The average molecular weight is 507 g/mol. The maximum Gasteiger partial charge on any atom is 0.230 e. The molecule has 36 heavy (non-hydrogen) atoms. The summed E-state index contributed by atoms with van der Waals surface area (Å²) in [5.41, 5.74) is 1.72. The summed E-state index contributed by atoms with van der Waals surface area (Å²) < 4.78 is 5.64. The van der Waals surface area contributed by atoms with Crippen LogP contribution in [0.25, 0.3) is 0 Å². The first-order valence-corrected chi connectivity index (χ1v) is 12.6. The molecule has 10 heteroatoms. The number of carbonyl (C=O) groups excluding carboxylic acids is 2. The molecule has 0 aliphatic carbocycles. The van der Waals surface area contributed by atoms with E-state index in [4.69, 9.17) is 4.74 Å². The first-order chi connectivity index (χ1) is 17.6. The molecule has 9 nitrogen and oxygen atoms in total. The van der Waals surface area contributed by atoms with E-state index in [-0.39, 0.29) is 24.7 Å². The molecule has 3 rings (SSSR count). The van der Waals surface area contributed by atoms with E-state index in [1.807, 2.05) is 30.3 Å². The van der Waals surface area contributed by atoms with Gasteiger partial charge in [0.05, 0.1) is 18.7 Å². The number of benzene rings is 1. The molecule has 2 N–H and O–H groups in total. The highest BCUT2D eigenvalue weighted by Gasteiger charge is 2.10. The number of aryl methyl sites for hydroxylation is 2. The number of rotatable bonds is 15. The quantitative estimate of drug-likeness (QED) is 0.229. The van der Waals surface area contributed by atoms with E-state index in [9.17, 15) is 9.59 Å². The third kappa shape index (κ3) is 9.38. The highest BCUT2D eigenvalue weighted by atomic mass is 32.1. The maximum atomic E-state index is 12.4. The molecule has 0 spiro atoms. The lowest BCUT2D eigenvalue weighted by Gasteiger charge is -2.07. The Morgan fingerprint density at radius 2 is 1.81 bits per heavy atom. The number of nitrogens with one attached hydrogen (secondary N) is 2. The lowest BCUT2D eigenvalue weighted by atomic mass is 10.1. The Balaban J connectivity index is 1.37. The van der Waals surface area contributed by atoms with Crippen molar-refractivity contribution in [2.45, 2.75) is 44.9 Å². The summed E-state index contributed by atoms with van der Waals surface area (Å²) in [6.45, 7) is 7.77. The Morgan fingerprint density at radius 1 is 0.944 bits per heavy atom. The smallest absolute Gasteiger partial charge is 0.230 e. The molecule has 0 unspecified atom stereocenters. The van der Waals surface area contributed by atoms with Crippen molar-refractivity contribution in [3.8, 4) is 5.75 Å². The third-order valence-electron chi connectivity index (χ3n) is 4.96. The topological polar surface area (TPSA) is 119 Å². The van der Waals surface area contributed by atoms with Crippen LogP contribution in [-0.4, -0.2) is 38.8 Å². The van der Waals surface area contributed by atoms with Crippen molar-refractivity contribution in [1.82, 2.24) is 20.4 Å². The fourth-order valence-corrected chi connectivity index (χ4v) is 4.02. The number of nitrogens with zero attached hydrogens (tertiary/aromatic N) is 4. The Labute approximate surface area is 214 Å². The van der Waals surface area contributed by atoms with E-state index >= 15 is 0 Å². The van der Waals surface area contributed by atoms with E-state index in [0.29, 0.717) is 17.6 Å². The van der Waals surface area contributed by atoms with Crippen LogP contribution in [0.1, 0.15) is 41.9 Å². The normalized spacial score (nSPS) is 10.4. The summed E-state index contributed by atoms with van der Waals surface area (Å²) in [4.78, 5) is 24.0. The van der Waals surface area contributed by atoms with Crippen LogP contribution in [-0.2, 0) is 28.9 Å². The monoisotopic (exact) mass is 506 g/mol. The van der Waals surface area contributed by atoms with Crippen LogP contribution in [0.5, 0.6) is 5.75 Å². The Morgan fingerprint density at radius 3 is 2.58 bits per heavy atom. The molecular weight excluding hydrogens is 476 g/mol. The number of anilines is 2. The number of hydrogen-bond acceptors (Lipinski definition) is 8. The second-order valence-electron chi connectivity index (χ2n) is 7.96. The molecule has 0 radical (unpaired) electrons. The lowest BCUT2D eigenvalue weighted by molar-refractivity contribution is -0.116. The molecule has 0 aliphatic heterocycles. The van der Waals surface area contributed by atoms with Crippen molar-refractivity contribution in [3.63, 3.8) is 0 Å². The Kier molecular flexibility index (Phi) is 10.7. The minimum Gasteiger partial charge on any atom is -0.493 e. The van der Waals surface area contributed by atoms with Gasteiger partial charge in [0, 0.05) is 12.8 Å². The van der Waals surface area contributed by atoms with Crippen molar-refractivity contribution in [2.24, 2.45) is 0 Å². The first-order valence-electron chi connectivity index (χ1n) is 11.7. The van der Waals surface area contributed by atoms with E-state index in [0.717, 1.165) is 54.1 Å². The molecule has 0 atom stereocenters. The molecule has 3 aromatic rings. The van der Waals surface area contributed by atoms with Crippen molar-refractivity contribution in [1.29, 1.82) is 0 Å². The van der Waals surface area contributed by atoms with Gasteiger partial charge < -0.3 is 15.4 Å². The number of unbranched alkanes of at least 4 members (excludes halogenated alkanes) is 1. The molecule has 2 heterocycles. The molecule has 0 bridgehead atoms. The van der Waals surface area contributed by atoms with E-state index in [1.165, 1.54) is 17.4 Å². The lowest BCUT2D eigenvalue weighted by Crippen LogP contribution is -2.14. The molecule has 2 amide bonds. The second-order valence-corrected chi connectivity index (χ2v) is 9.02. The van der Waals surface area contributed by atoms with Crippen LogP contribution in [0.3, 0.4) is 0 Å². The minimum atomic E-state index is -0.168. The van der Waals surface area contributed by atoms with Gasteiger partial charge in [0.15, 0.2) is 5.82 Å². The second kappa shape index (κ2) is 14.5. The zero-order valence-corrected chi connectivity index (χ0v) is 20.9. The fraction of sp³-hybridized carbons (Fsp3) is 0.308. The number of amides is 2. The van der Waals surface area contributed by atoms with E-state index in [1.54, 1.807) is 12.1 Å². The van der Waals surface area contributed by atoms with Gasteiger partial charge in [0.1, 0.15) is 10.8 Å². The number of ether oxygens (including phenoxy) is 1. The standard InChI is InChI=1S/C26H30N6O3S/c1-3-5-16-35-21-12-8-10-19(17-21)18-24(34)28-26-32-31-25(36-26)13-7-6-11-20-14-15-22(30-29-20)27-23(33)9-4-2/h3-4,8,10,12,14-15,17H,1-2,5-7,9,11,13,16,18H2,(H,27,30,33)(H,28,32,34). The maximum absolute atomic E-state index is 12.4. The van der Waals surface area contributed by atoms with Crippen molar-refractivity contribution in [2.75, 3.05) is 17.2 Å².